The van der Waals surface area contributed by atoms with Crippen LogP contribution in [-0.2, 0) is 13.1 Å². The Morgan fingerprint density at radius 1 is 0.972 bits per heavy atom. The Balaban J connectivity index is 1.63. The van der Waals surface area contributed by atoms with Crippen molar-refractivity contribution in [3.05, 3.63) is 99.3 Å². The zero-order valence-corrected chi connectivity index (χ0v) is 21.9. The molecule has 2 N–H and O–H groups in total. The predicted molar refractivity (Wildman–Crippen MR) is 150 cm³/mol. The number of H-pyrrole nitrogens is 1. The van der Waals surface area contributed by atoms with Gasteiger partial charge in [-0.25, -0.2) is 0 Å². The molecule has 0 saturated carbocycles. The number of ether oxygens (including phenoxy) is 2. The highest BCUT2D eigenvalue weighted by atomic mass is 32.1. The molecule has 0 aliphatic carbocycles. The van der Waals surface area contributed by atoms with E-state index in [4.69, 9.17) is 21.7 Å². The molecule has 0 radical (unpaired) electrons. The van der Waals surface area contributed by atoms with Crippen LogP contribution in [0.5, 0.6) is 11.5 Å². The van der Waals surface area contributed by atoms with Crippen LogP contribution in [0.25, 0.3) is 10.9 Å². The summed E-state index contributed by atoms with van der Waals surface area (Å²) in [5.74, 6) is 1.59. The standard InChI is InChI=1S/C29H31N3O3S/c1-5-35-26-14-10-24(11-15-26)30-29(36)32(17-21-7-12-25(34-4)13-8-21)18-23-16-22-9-6-19(2)20(3)27(22)31-28(23)33/h6-16H,5,17-18H2,1-4H3,(H,30,36)(H,31,33). The lowest BCUT2D eigenvalue weighted by atomic mass is 10.0. The monoisotopic (exact) mass is 501 g/mol. The minimum Gasteiger partial charge on any atom is -0.497 e. The van der Waals surface area contributed by atoms with Crippen molar-refractivity contribution in [3.63, 3.8) is 0 Å². The zero-order chi connectivity index (χ0) is 25.7. The van der Waals surface area contributed by atoms with Crippen LogP contribution >= 0.6 is 12.2 Å². The van der Waals surface area contributed by atoms with Crippen LogP contribution in [0.3, 0.4) is 0 Å². The molecular weight excluding hydrogens is 470 g/mol. The minimum atomic E-state index is -0.111. The SMILES string of the molecule is CCOc1ccc(NC(=S)N(Cc2ccc(OC)cc2)Cc2cc3ccc(C)c(C)c3[nH]c2=O)cc1. The zero-order valence-electron chi connectivity index (χ0n) is 21.1. The molecule has 1 aromatic heterocycles. The number of anilines is 1. The average Bonchev–Trinajstić information content (AvgIpc) is 2.88. The van der Waals surface area contributed by atoms with Crippen molar-refractivity contribution in [1.29, 1.82) is 0 Å². The van der Waals surface area contributed by atoms with E-state index in [1.165, 1.54) is 0 Å². The Bertz CT molecular complexity index is 1410. The highest BCUT2D eigenvalue weighted by molar-refractivity contribution is 7.80. The molecule has 0 bridgehead atoms. The lowest BCUT2D eigenvalue weighted by Gasteiger charge is -2.26. The third-order valence-corrected chi connectivity index (χ3v) is 6.59. The first-order valence-electron chi connectivity index (χ1n) is 11.9. The fraction of sp³-hybridized carbons (Fsp3) is 0.241. The summed E-state index contributed by atoms with van der Waals surface area (Å²) in [5, 5.41) is 4.84. The molecule has 0 aliphatic heterocycles. The quantitative estimate of drug-likeness (QED) is 0.291. The highest BCUT2D eigenvalue weighted by Crippen LogP contribution is 2.21. The van der Waals surface area contributed by atoms with Crippen LogP contribution in [0.4, 0.5) is 5.69 Å². The van der Waals surface area contributed by atoms with Crippen LogP contribution in [0.1, 0.15) is 29.2 Å². The first-order valence-corrected chi connectivity index (χ1v) is 12.3. The van der Waals surface area contributed by atoms with Gasteiger partial charge in [0.15, 0.2) is 5.11 Å². The van der Waals surface area contributed by atoms with Gasteiger partial charge in [0.1, 0.15) is 11.5 Å². The van der Waals surface area contributed by atoms with Crippen LogP contribution in [0, 0.1) is 13.8 Å². The maximum Gasteiger partial charge on any atom is 0.253 e. The first-order chi connectivity index (χ1) is 17.4. The van der Waals surface area contributed by atoms with Crippen molar-refractivity contribution >= 4 is 33.9 Å². The number of methoxy groups -OCH3 is 1. The molecule has 7 heteroatoms. The molecule has 1 heterocycles. The summed E-state index contributed by atoms with van der Waals surface area (Å²) in [5.41, 5.74) is 5.54. The van der Waals surface area contributed by atoms with Gasteiger partial charge in [-0.15, -0.1) is 0 Å². The molecule has 4 rings (SSSR count). The van der Waals surface area contributed by atoms with Crippen LogP contribution in [0.2, 0.25) is 0 Å². The molecule has 0 saturated heterocycles. The van der Waals surface area contributed by atoms with E-state index in [1.54, 1.807) is 7.11 Å². The third kappa shape index (κ3) is 5.86. The normalized spacial score (nSPS) is 10.8. The summed E-state index contributed by atoms with van der Waals surface area (Å²) in [7, 11) is 1.65. The largest absolute Gasteiger partial charge is 0.497 e. The summed E-state index contributed by atoms with van der Waals surface area (Å²) in [6.45, 7) is 7.52. The molecule has 186 valence electrons. The molecule has 3 aromatic carbocycles. The van der Waals surface area contributed by atoms with E-state index in [0.29, 0.717) is 30.4 Å². The van der Waals surface area contributed by atoms with Crippen molar-refractivity contribution in [2.45, 2.75) is 33.9 Å². The Hall–Kier alpha value is -3.84. The van der Waals surface area contributed by atoms with Crippen LogP contribution in [0.15, 0.2) is 71.5 Å². The van der Waals surface area contributed by atoms with Crippen molar-refractivity contribution in [1.82, 2.24) is 9.88 Å². The topological polar surface area (TPSA) is 66.6 Å². The van der Waals surface area contributed by atoms with Gasteiger partial charge >= 0.3 is 0 Å². The van der Waals surface area contributed by atoms with E-state index < -0.39 is 0 Å². The number of hydrogen-bond donors (Lipinski definition) is 2. The van der Waals surface area contributed by atoms with Crippen LogP contribution < -0.4 is 20.3 Å². The number of rotatable bonds is 8. The molecule has 0 fully saturated rings. The van der Waals surface area contributed by atoms with E-state index in [2.05, 4.69) is 16.4 Å². The van der Waals surface area contributed by atoms with Gasteiger partial charge in [-0.2, -0.15) is 0 Å². The number of fused-ring (bicyclic) bond motifs is 1. The third-order valence-electron chi connectivity index (χ3n) is 6.23. The molecular formula is C29H31N3O3S. The van der Waals surface area contributed by atoms with Crippen molar-refractivity contribution in [2.24, 2.45) is 0 Å². The maximum atomic E-state index is 13.1. The predicted octanol–water partition coefficient (Wildman–Crippen LogP) is 5.95. The molecule has 0 spiro atoms. The van der Waals surface area contributed by atoms with Crippen molar-refractivity contribution in [2.75, 3.05) is 19.0 Å². The lowest BCUT2D eigenvalue weighted by molar-refractivity contribution is 0.340. The van der Waals surface area contributed by atoms with Gasteiger partial charge in [0.25, 0.3) is 5.56 Å². The smallest absolute Gasteiger partial charge is 0.253 e. The lowest BCUT2D eigenvalue weighted by Crippen LogP contribution is -2.35. The number of aryl methyl sites for hydroxylation is 2. The van der Waals surface area contributed by atoms with E-state index in [1.807, 2.05) is 86.3 Å². The molecule has 6 nitrogen and oxygen atoms in total. The summed E-state index contributed by atoms with van der Waals surface area (Å²) >= 11 is 5.81. The number of nitrogens with one attached hydrogen (secondary N) is 2. The van der Waals surface area contributed by atoms with Gasteiger partial charge in [0, 0.05) is 17.8 Å². The summed E-state index contributed by atoms with van der Waals surface area (Å²) in [6, 6.07) is 21.6. The first kappa shape index (κ1) is 25.3. The Morgan fingerprint density at radius 3 is 2.33 bits per heavy atom. The summed E-state index contributed by atoms with van der Waals surface area (Å²) in [4.78, 5) is 18.1. The van der Waals surface area contributed by atoms with Crippen molar-refractivity contribution in [3.8, 4) is 11.5 Å². The number of nitrogens with zero attached hydrogens (tertiary/aromatic N) is 1. The summed E-state index contributed by atoms with van der Waals surface area (Å²) < 4.78 is 10.8. The Labute approximate surface area is 216 Å². The number of aromatic nitrogens is 1. The summed E-state index contributed by atoms with van der Waals surface area (Å²) in [6.07, 6.45) is 0. The van der Waals surface area contributed by atoms with Gasteiger partial charge in [-0.1, -0.05) is 24.3 Å². The second-order valence-electron chi connectivity index (χ2n) is 8.69. The van der Waals surface area contributed by atoms with Gasteiger partial charge in [-0.05, 0) is 97.5 Å². The fourth-order valence-electron chi connectivity index (χ4n) is 4.05. The van der Waals surface area contributed by atoms with E-state index in [-0.39, 0.29) is 5.56 Å². The minimum absolute atomic E-state index is 0.111. The molecule has 36 heavy (non-hydrogen) atoms. The van der Waals surface area contributed by atoms with E-state index >= 15 is 0 Å². The number of aromatic amines is 1. The second kappa shape index (κ2) is 11.3. The van der Waals surface area contributed by atoms with E-state index in [9.17, 15) is 4.79 Å². The van der Waals surface area contributed by atoms with Gasteiger partial charge in [-0.3, -0.25) is 4.79 Å². The van der Waals surface area contributed by atoms with Gasteiger partial charge in [0.2, 0.25) is 0 Å². The number of thiocarbonyl (C=S) groups is 1. The Kier molecular flexibility index (Phi) is 7.90. The average molecular weight is 502 g/mol. The molecule has 0 unspecified atom stereocenters. The molecule has 0 amide bonds. The molecule has 0 atom stereocenters. The Morgan fingerprint density at radius 2 is 1.67 bits per heavy atom. The second-order valence-corrected chi connectivity index (χ2v) is 9.07. The number of hydrogen-bond acceptors (Lipinski definition) is 4. The van der Waals surface area contributed by atoms with Crippen LogP contribution in [-0.4, -0.2) is 28.7 Å². The number of pyridine rings is 1. The van der Waals surface area contributed by atoms with E-state index in [0.717, 1.165) is 44.8 Å². The van der Waals surface area contributed by atoms with Gasteiger partial charge < -0.3 is 24.7 Å². The maximum absolute atomic E-state index is 13.1. The molecule has 4 aromatic rings. The highest BCUT2D eigenvalue weighted by Gasteiger charge is 2.15. The molecule has 0 aliphatic rings. The number of benzene rings is 3. The fourth-order valence-corrected chi connectivity index (χ4v) is 4.29. The van der Waals surface area contributed by atoms with Gasteiger partial charge in [0.05, 0.1) is 25.8 Å². The van der Waals surface area contributed by atoms with Crippen molar-refractivity contribution < 1.29 is 9.47 Å².